The summed E-state index contributed by atoms with van der Waals surface area (Å²) >= 11 is 6.09. The summed E-state index contributed by atoms with van der Waals surface area (Å²) in [6.07, 6.45) is 2.38. The van der Waals surface area contributed by atoms with Crippen LogP contribution in [0, 0.1) is 23.3 Å². The van der Waals surface area contributed by atoms with E-state index in [2.05, 4.69) is 9.72 Å². The Labute approximate surface area is 232 Å². The first kappa shape index (κ1) is 27.6. The van der Waals surface area contributed by atoms with Crippen LogP contribution in [0.1, 0.15) is 49.4 Å². The molecule has 0 aliphatic heterocycles. The molecule has 6 nitrogen and oxygen atoms in total. The van der Waals surface area contributed by atoms with Gasteiger partial charge in [-0.15, -0.1) is 0 Å². The highest BCUT2D eigenvalue weighted by atomic mass is 35.5. The van der Waals surface area contributed by atoms with Gasteiger partial charge in [0.1, 0.15) is 17.2 Å². The zero-order valence-corrected chi connectivity index (χ0v) is 22.4. The van der Waals surface area contributed by atoms with E-state index in [0.717, 1.165) is 42.7 Å². The van der Waals surface area contributed by atoms with Gasteiger partial charge in [0.2, 0.25) is 5.91 Å². The molecule has 1 aliphatic rings. The van der Waals surface area contributed by atoms with Crippen LogP contribution in [0.15, 0.2) is 48.5 Å². The number of hydrogen-bond donors (Lipinski definition) is 0. The molecule has 5 rings (SSSR count). The first-order valence-electron chi connectivity index (χ1n) is 12.6. The second-order valence-corrected chi connectivity index (χ2v) is 10.1. The molecule has 3 aromatic carbocycles. The fraction of sp³-hybridized carbons (Fsp3) is 0.276. The maximum absolute atomic E-state index is 15.7. The molecule has 0 N–H and O–H groups in total. The Kier molecular flexibility index (Phi) is 7.31. The lowest BCUT2D eigenvalue weighted by Gasteiger charge is -2.48. The molecule has 0 atom stereocenters. The second-order valence-electron chi connectivity index (χ2n) is 9.71. The number of halogens is 5. The van der Waals surface area contributed by atoms with Crippen molar-refractivity contribution < 1.29 is 31.9 Å². The first-order chi connectivity index (χ1) is 19.1. The lowest BCUT2D eigenvalue weighted by atomic mass is 9.85. The molecule has 1 heterocycles. The van der Waals surface area contributed by atoms with Crippen LogP contribution in [0.4, 0.5) is 23.2 Å². The van der Waals surface area contributed by atoms with Gasteiger partial charge in [0.25, 0.3) is 0 Å². The quantitative estimate of drug-likeness (QED) is 0.185. The van der Waals surface area contributed by atoms with Crippen molar-refractivity contribution in [2.75, 3.05) is 12.0 Å². The summed E-state index contributed by atoms with van der Waals surface area (Å²) in [4.78, 5) is 31.0. The zero-order chi connectivity index (χ0) is 28.8. The van der Waals surface area contributed by atoms with Gasteiger partial charge in [0, 0.05) is 29.6 Å². The topological polar surface area (TPSA) is 64.4 Å². The van der Waals surface area contributed by atoms with Crippen molar-refractivity contribution in [3.05, 3.63) is 82.4 Å². The number of fused-ring (bicyclic) bond motifs is 1. The van der Waals surface area contributed by atoms with Crippen LogP contribution in [-0.4, -0.2) is 28.5 Å². The van der Waals surface area contributed by atoms with Crippen molar-refractivity contribution in [2.45, 2.75) is 44.7 Å². The van der Waals surface area contributed by atoms with Gasteiger partial charge in [-0.05, 0) is 62.1 Å². The number of anilines is 1. The molecule has 0 bridgehead atoms. The average Bonchev–Trinajstić information content (AvgIpc) is 3.29. The summed E-state index contributed by atoms with van der Waals surface area (Å²) in [6, 6.07) is 10.1. The van der Waals surface area contributed by atoms with Crippen LogP contribution in [0.3, 0.4) is 0 Å². The van der Waals surface area contributed by atoms with Gasteiger partial charge in [0.15, 0.2) is 23.3 Å². The number of amides is 1. The maximum atomic E-state index is 15.7. The van der Waals surface area contributed by atoms with E-state index in [-0.39, 0.29) is 35.3 Å². The number of ether oxygens (including phenoxy) is 1. The SMILES string of the molecule is COC(=O)c1cc(F)c(N(C(C)=O)C2(n3c(-c4ccc(Cl)cc4)nc4cc(F)c(F)cc43)CCCCC2)c(F)c1. The summed E-state index contributed by atoms with van der Waals surface area (Å²) in [5.41, 5.74) is -1.75. The Morgan fingerprint density at radius 2 is 1.52 bits per heavy atom. The van der Waals surface area contributed by atoms with Gasteiger partial charge in [0.05, 0.1) is 23.7 Å². The fourth-order valence-electron chi connectivity index (χ4n) is 5.63. The Bertz CT molecular complexity index is 1610. The lowest BCUT2D eigenvalue weighted by molar-refractivity contribution is -0.119. The minimum absolute atomic E-state index is 0.0966. The number of carbonyl (C=O) groups is 2. The third-order valence-electron chi connectivity index (χ3n) is 7.26. The number of hydrogen-bond acceptors (Lipinski definition) is 4. The molecular formula is C29H24ClF4N3O3. The molecule has 0 spiro atoms. The maximum Gasteiger partial charge on any atom is 0.338 e. The van der Waals surface area contributed by atoms with Gasteiger partial charge >= 0.3 is 5.97 Å². The number of rotatable bonds is 5. The molecule has 1 saturated carbocycles. The summed E-state index contributed by atoms with van der Waals surface area (Å²) < 4.78 is 66.5. The Morgan fingerprint density at radius 3 is 2.10 bits per heavy atom. The van der Waals surface area contributed by atoms with E-state index in [1.54, 1.807) is 28.8 Å². The number of benzene rings is 3. The summed E-state index contributed by atoms with van der Waals surface area (Å²) in [6.45, 7) is 1.17. The number of nitrogens with zero attached hydrogens (tertiary/aromatic N) is 3. The third kappa shape index (κ3) is 4.60. The zero-order valence-electron chi connectivity index (χ0n) is 21.6. The molecule has 1 aromatic heterocycles. The van der Waals surface area contributed by atoms with Crippen LogP contribution < -0.4 is 4.90 Å². The van der Waals surface area contributed by atoms with E-state index in [9.17, 15) is 18.4 Å². The molecular weight excluding hydrogens is 550 g/mol. The molecule has 208 valence electrons. The van der Waals surface area contributed by atoms with Crippen LogP contribution in [0.2, 0.25) is 5.02 Å². The van der Waals surface area contributed by atoms with Crippen LogP contribution in [-0.2, 0) is 15.2 Å². The largest absolute Gasteiger partial charge is 0.465 e. The fourth-order valence-corrected chi connectivity index (χ4v) is 5.75. The van der Waals surface area contributed by atoms with Crippen molar-refractivity contribution in [3.63, 3.8) is 0 Å². The van der Waals surface area contributed by atoms with E-state index in [4.69, 9.17) is 11.6 Å². The molecule has 0 saturated heterocycles. The van der Waals surface area contributed by atoms with Gasteiger partial charge < -0.3 is 4.74 Å². The van der Waals surface area contributed by atoms with E-state index in [1.807, 2.05) is 0 Å². The smallest absolute Gasteiger partial charge is 0.338 e. The number of aromatic nitrogens is 2. The Hall–Kier alpha value is -3.92. The molecule has 1 aliphatic carbocycles. The van der Waals surface area contributed by atoms with Crippen molar-refractivity contribution in [2.24, 2.45) is 0 Å². The highest BCUT2D eigenvalue weighted by Gasteiger charge is 2.46. The normalized spacial score (nSPS) is 14.8. The summed E-state index contributed by atoms with van der Waals surface area (Å²) in [5, 5.41) is 0.441. The summed E-state index contributed by atoms with van der Waals surface area (Å²) in [5.74, 6) is -5.98. The van der Waals surface area contributed by atoms with E-state index < -0.39 is 46.5 Å². The monoisotopic (exact) mass is 573 g/mol. The third-order valence-corrected chi connectivity index (χ3v) is 7.51. The van der Waals surface area contributed by atoms with Crippen molar-refractivity contribution in [1.82, 2.24) is 9.55 Å². The first-order valence-corrected chi connectivity index (χ1v) is 13.0. The number of methoxy groups -OCH3 is 1. The van der Waals surface area contributed by atoms with E-state index in [0.29, 0.717) is 23.4 Å². The molecule has 1 amide bonds. The van der Waals surface area contributed by atoms with Crippen molar-refractivity contribution >= 4 is 40.2 Å². The molecule has 4 aromatic rings. The van der Waals surface area contributed by atoms with Gasteiger partial charge in [-0.3, -0.25) is 14.3 Å². The predicted octanol–water partition coefficient (Wildman–Crippen LogP) is 7.37. The molecule has 11 heteroatoms. The van der Waals surface area contributed by atoms with E-state index in [1.165, 1.54) is 6.92 Å². The van der Waals surface area contributed by atoms with Gasteiger partial charge in [-0.2, -0.15) is 0 Å². The predicted molar refractivity (Wildman–Crippen MR) is 142 cm³/mol. The molecule has 0 unspecified atom stereocenters. The van der Waals surface area contributed by atoms with E-state index >= 15 is 8.78 Å². The standard InChI is InChI=1S/C29H24ClF4N3O3/c1-16(38)36(26-22(33)12-18(13-23(26)34)28(39)40-2)29(10-4-3-5-11-29)37-25-15-21(32)20(31)14-24(25)35-27(37)17-6-8-19(30)9-7-17/h6-9,12-15H,3-5,10-11H2,1-2H3. The number of carbonyl (C=O) groups excluding carboxylic acids is 2. The highest BCUT2D eigenvalue weighted by Crippen LogP contribution is 2.47. The molecule has 0 radical (unpaired) electrons. The lowest BCUT2D eigenvalue weighted by Crippen LogP contribution is -2.55. The van der Waals surface area contributed by atoms with Crippen molar-refractivity contribution in [3.8, 4) is 11.4 Å². The number of esters is 1. The van der Waals surface area contributed by atoms with Crippen molar-refractivity contribution in [1.29, 1.82) is 0 Å². The average molecular weight is 574 g/mol. The highest BCUT2D eigenvalue weighted by molar-refractivity contribution is 6.30. The molecule has 40 heavy (non-hydrogen) atoms. The van der Waals surface area contributed by atoms with Crippen LogP contribution >= 0.6 is 11.6 Å². The Morgan fingerprint density at radius 1 is 0.925 bits per heavy atom. The Balaban J connectivity index is 1.86. The minimum Gasteiger partial charge on any atom is -0.465 e. The minimum atomic E-state index is -1.47. The molecule has 1 fully saturated rings. The number of imidazole rings is 1. The van der Waals surface area contributed by atoms with Crippen LogP contribution in [0.25, 0.3) is 22.4 Å². The van der Waals surface area contributed by atoms with Gasteiger partial charge in [-0.25, -0.2) is 27.3 Å². The van der Waals surface area contributed by atoms with Gasteiger partial charge in [-0.1, -0.05) is 18.0 Å². The summed E-state index contributed by atoms with van der Waals surface area (Å²) in [7, 11) is 1.08. The second kappa shape index (κ2) is 10.6. The van der Waals surface area contributed by atoms with Crippen LogP contribution in [0.5, 0.6) is 0 Å².